The van der Waals surface area contributed by atoms with Crippen LogP contribution in [0.25, 0.3) is 11.0 Å². The lowest BCUT2D eigenvalue weighted by Crippen LogP contribution is -2.46. The molecule has 1 aromatic carbocycles. The SMILES string of the molecule is O=C(Cc1noc2ccccc12)N1CCCC[C@H]1Cn1cccn1. The molecule has 2 aromatic heterocycles. The number of hydrogen-bond acceptors (Lipinski definition) is 4. The molecule has 6 heteroatoms. The van der Waals surface area contributed by atoms with Gasteiger partial charge in [-0.3, -0.25) is 9.48 Å². The Morgan fingerprint density at radius 2 is 2.17 bits per heavy atom. The predicted octanol–water partition coefficient (Wildman–Crippen LogP) is 2.65. The fraction of sp³-hybridized carbons (Fsp3) is 0.389. The van der Waals surface area contributed by atoms with Crippen molar-refractivity contribution in [2.75, 3.05) is 6.54 Å². The van der Waals surface area contributed by atoms with Crippen molar-refractivity contribution in [3.63, 3.8) is 0 Å². The van der Waals surface area contributed by atoms with Crippen LogP contribution in [-0.2, 0) is 17.8 Å². The zero-order valence-corrected chi connectivity index (χ0v) is 13.5. The number of carbonyl (C=O) groups is 1. The lowest BCUT2D eigenvalue weighted by atomic mass is 10.0. The summed E-state index contributed by atoms with van der Waals surface area (Å²) in [7, 11) is 0. The smallest absolute Gasteiger partial charge is 0.229 e. The van der Waals surface area contributed by atoms with Crippen molar-refractivity contribution < 1.29 is 9.32 Å². The van der Waals surface area contributed by atoms with Gasteiger partial charge in [0, 0.05) is 24.3 Å². The summed E-state index contributed by atoms with van der Waals surface area (Å²) in [6, 6.07) is 9.78. The largest absolute Gasteiger partial charge is 0.356 e. The third-order valence-corrected chi connectivity index (χ3v) is 4.68. The molecule has 1 aliphatic heterocycles. The van der Waals surface area contributed by atoms with E-state index in [1.54, 1.807) is 6.20 Å². The van der Waals surface area contributed by atoms with Crippen molar-refractivity contribution >= 4 is 16.9 Å². The van der Waals surface area contributed by atoms with E-state index in [0.717, 1.165) is 49.0 Å². The summed E-state index contributed by atoms with van der Waals surface area (Å²) in [4.78, 5) is 14.9. The number of likely N-dealkylation sites (tertiary alicyclic amines) is 1. The molecule has 1 aliphatic rings. The molecule has 0 aliphatic carbocycles. The molecule has 24 heavy (non-hydrogen) atoms. The molecule has 0 N–H and O–H groups in total. The normalized spacial score (nSPS) is 18.2. The van der Waals surface area contributed by atoms with Gasteiger partial charge in [0.05, 0.1) is 19.0 Å². The Hall–Kier alpha value is -2.63. The third kappa shape index (κ3) is 2.91. The van der Waals surface area contributed by atoms with E-state index in [1.807, 2.05) is 46.1 Å². The highest BCUT2D eigenvalue weighted by atomic mass is 16.5. The number of aromatic nitrogens is 3. The van der Waals surface area contributed by atoms with Crippen LogP contribution in [0, 0.1) is 0 Å². The van der Waals surface area contributed by atoms with Crippen LogP contribution in [0.4, 0.5) is 0 Å². The van der Waals surface area contributed by atoms with Crippen molar-refractivity contribution in [1.82, 2.24) is 19.8 Å². The Morgan fingerprint density at radius 3 is 3.04 bits per heavy atom. The molecule has 1 fully saturated rings. The van der Waals surface area contributed by atoms with Gasteiger partial charge in [-0.2, -0.15) is 5.10 Å². The second-order valence-electron chi connectivity index (χ2n) is 6.27. The highest BCUT2D eigenvalue weighted by Crippen LogP contribution is 2.22. The number of benzene rings is 1. The average Bonchev–Trinajstić information content (AvgIpc) is 3.26. The maximum absolute atomic E-state index is 12.9. The third-order valence-electron chi connectivity index (χ3n) is 4.68. The molecule has 1 saturated heterocycles. The Morgan fingerprint density at radius 1 is 1.25 bits per heavy atom. The van der Waals surface area contributed by atoms with Crippen LogP contribution < -0.4 is 0 Å². The molecule has 1 amide bonds. The average molecular weight is 324 g/mol. The fourth-order valence-electron chi connectivity index (χ4n) is 3.45. The number of hydrogen-bond donors (Lipinski definition) is 0. The quantitative estimate of drug-likeness (QED) is 0.740. The maximum atomic E-state index is 12.9. The standard InChI is InChI=1S/C18H20N4O2/c23-18(12-16-15-7-1-2-8-17(15)24-20-16)22-11-4-3-6-14(22)13-21-10-5-9-19-21/h1-2,5,7-10,14H,3-4,6,11-13H2/t14-/m0/s1. The van der Waals surface area contributed by atoms with Gasteiger partial charge in [-0.25, -0.2) is 0 Å². The Kier molecular flexibility index (Phi) is 4.02. The van der Waals surface area contributed by atoms with E-state index < -0.39 is 0 Å². The summed E-state index contributed by atoms with van der Waals surface area (Å²) < 4.78 is 7.22. The van der Waals surface area contributed by atoms with Gasteiger partial charge in [0.2, 0.25) is 5.91 Å². The molecule has 0 saturated carbocycles. The van der Waals surface area contributed by atoms with Crippen LogP contribution in [0.3, 0.4) is 0 Å². The zero-order valence-electron chi connectivity index (χ0n) is 13.5. The molecule has 124 valence electrons. The topological polar surface area (TPSA) is 64.2 Å². The van der Waals surface area contributed by atoms with Crippen molar-refractivity contribution in [3.8, 4) is 0 Å². The highest BCUT2D eigenvalue weighted by Gasteiger charge is 2.28. The van der Waals surface area contributed by atoms with Gasteiger partial charge in [0.15, 0.2) is 5.58 Å². The molecule has 0 unspecified atom stereocenters. The maximum Gasteiger partial charge on any atom is 0.229 e. The van der Waals surface area contributed by atoms with Crippen LogP contribution >= 0.6 is 0 Å². The highest BCUT2D eigenvalue weighted by molar-refractivity contribution is 5.86. The minimum atomic E-state index is 0.117. The van der Waals surface area contributed by atoms with E-state index in [2.05, 4.69) is 10.3 Å². The number of para-hydroxylation sites is 1. The van der Waals surface area contributed by atoms with E-state index in [9.17, 15) is 4.79 Å². The van der Waals surface area contributed by atoms with Gasteiger partial charge in [-0.05, 0) is 37.5 Å². The minimum Gasteiger partial charge on any atom is -0.356 e. The van der Waals surface area contributed by atoms with Gasteiger partial charge in [0.25, 0.3) is 0 Å². The first-order valence-corrected chi connectivity index (χ1v) is 8.41. The lowest BCUT2D eigenvalue weighted by Gasteiger charge is -2.35. The van der Waals surface area contributed by atoms with Crippen LogP contribution in [0.5, 0.6) is 0 Å². The molecular weight excluding hydrogens is 304 g/mol. The summed E-state index contributed by atoms with van der Waals surface area (Å²) >= 11 is 0. The second kappa shape index (κ2) is 6.47. The molecule has 4 rings (SSSR count). The van der Waals surface area contributed by atoms with Crippen LogP contribution in [0.2, 0.25) is 0 Å². The predicted molar refractivity (Wildman–Crippen MR) is 89.3 cm³/mol. The molecule has 1 atom stereocenters. The number of rotatable bonds is 4. The molecule has 0 bridgehead atoms. The first-order chi connectivity index (χ1) is 11.8. The summed E-state index contributed by atoms with van der Waals surface area (Å²) in [5, 5.41) is 9.29. The van der Waals surface area contributed by atoms with Crippen LogP contribution in [0.15, 0.2) is 47.2 Å². The summed E-state index contributed by atoms with van der Waals surface area (Å²) in [6.45, 7) is 1.55. The van der Waals surface area contributed by atoms with Crippen LogP contribution in [0.1, 0.15) is 25.0 Å². The van der Waals surface area contributed by atoms with Gasteiger partial charge in [-0.1, -0.05) is 17.3 Å². The Bertz CT molecular complexity index is 825. The van der Waals surface area contributed by atoms with Gasteiger partial charge < -0.3 is 9.42 Å². The zero-order chi connectivity index (χ0) is 16.4. The van der Waals surface area contributed by atoms with Crippen molar-refractivity contribution in [1.29, 1.82) is 0 Å². The monoisotopic (exact) mass is 324 g/mol. The second-order valence-corrected chi connectivity index (χ2v) is 6.27. The van der Waals surface area contributed by atoms with Gasteiger partial charge in [0.1, 0.15) is 5.69 Å². The van der Waals surface area contributed by atoms with E-state index in [0.29, 0.717) is 0 Å². The molecule has 3 heterocycles. The van der Waals surface area contributed by atoms with Gasteiger partial charge >= 0.3 is 0 Å². The molecule has 6 nitrogen and oxygen atoms in total. The number of fused-ring (bicyclic) bond motifs is 1. The summed E-state index contributed by atoms with van der Waals surface area (Å²) in [5.74, 6) is 0.117. The van der Waals surface area contributed by atoms with E-state index in [4.69, 9.17) is 4.52 Å². The minimum absolute atomic E-state index is 0.117. The van der Waals surface area contributed by atoms with E-state index in [1.165, 1.54) is 0 Å². The van der Waals surface area contributed by atoms with Gasteiger partial charge in [-0.15, -0.1) is 0 Å². The number of amides is 1. The molecule has 3 aromatic rings. The number of piperidine rings is 1. The van der Waals surface area contributed by atoms with Crippen molar-refractivity contribution in [3.05, 3.63) is 48.4 Å². The van der Waals surface area contributed by atoms with E-state index >= 15 is 0 Å². The Labute approximate surface area is 140 Å². The first kappa shape index (κ1) is 14.9. The summed E-state index contributed by atoms with van der Waals surface area (Å²) in [6.07, 6.45) is 7.24. The number of carbonyl (C=O) groups excluding carboxylic acids is 1. The van der Waals surface area contributed by atoms with Crippen LogP contribution in [-0.4, -0.2) is 38.3 Å². The van der Waals surface area contributed by atoms with Crippen molar-refractivity contribution in [2.24, 2.45) is 0 Å². The number of nitrogens with zero attached hydrogens (tertiary/aromatic N) is 4. The summed E-state index contributed by atoms with van der Waals surface area (Å²) in [5.41, 5.74) is 1.45. The van der Waals surface area contributed by atoms with E-state index in [-0.39, 0.29) is 18.4 Å². The lowest BCUT2D eigenvalue weighted by molar-refractivity contribution is -0.134. The van der Waals surface area contributed by atoms with Crippen molar-refractivity contribution in [2.45, 2.75) is 38.3 Å². The first-order valence-electron chi connectivity index (χ1n) is 8.41. The Balaban J connectivity index is 1.51. The molecular formula is C18H20N4O2. The molecule has 0 spiro atoms. The fourth-order valence-corrected chi connectivity index (χ4v) is 3.45. The molecule has 0 radical (unpaired) electrons.